The van der Waals surface area contributed by atoms with Crippen LogP contribution in [0.15, 0.2) is 83.3 Å². The minimum Gasteiger partial charge on any atom is -0.484 e. The van der Waals surface area contributed by atoms with Crippen molar-refractivity contribution in [2.45, 2.75) is 57.7 Å². The molecule has 1 aliphatic carbocycles. The number of nitrogens with zero attached hydrogens (tertiary/aromatic N) is 1. The van der Waals surface area contributed by atoms with Gasteiger partial charge in [0.2, 0.25) is 5.91 Å². The summed E-state index contributed by atoms with van der Waals surface area (Å²) in [5.74, 6) is 0.286. The number of halogens is 1. The van der Waals surface area contributed by atoms with Gasteiger partial charge in [0.25, 0.3) is 5.91 Å². The Morgan fingerprint density at radius 1 is 0.972 bits per heavy atom. The third kappa shape index (κ3) is 7.44. The first kappa shape index (κ1) is 26.0. The molecular weight excluding hydrogens is 516 g/mol. The Labute approximate surface area is 222 Å². The number of aryl methyl sites for hydroxylation is 1. The van der Waals surface area contributed by atoms with Crippen molar-refractivity contribution in [3.63, 3.8) is 0 Å². The molecule has 1 N–H and O–H groups in total. The summed E-state index contributed by atoms with van der Waals surface area (Å²) < 4.78 is 6.77. The van der Waals surface area contributed by atoms with Crippen LogP contribution in [0.1, 0.15) is 42.4 Å². The molecule has 3 aromatic rings. The molecule has 5 nitrogen and oxygen atoms in total. The van der Waals surface area contributed by atoms with Crippen molar-refractivity contribution in [2.75, 3.05) is 6.61 Å². The summed E-state index contributed by atoms with van der Waals surface area (Å²) in [5.41, 5.74) is 3.11. The molecule has 0 spiro atoms. The van der Waals surface area contributed by atoms with Gasteiger partial charge >= 0.3 is 0 Å². The molecule has 0 unspecified atom stereocenters. The van der Waals surface area contributed by atoms with Gasteiger partial charge in [0.1, 0.15) is 11.8 Å². The zero-order valence-corrected chi connectivity index (χ0v) is 22.2. The first-order valence-electron chi connectivity index (χ1n) is 12.6. The van der Waals surface area contributed by atoms with Gasteiger partial charge in [-0.05, 0) is 55.2 Å². The van der Waals surface area contributed by atoms with E-state index in [9.17, 15) is 9.59 Å². The summed E-state index contributed by atoms with van der Waals surface area (Å²) in [6.07, 6.45) is 4.67. The molecule has 0 radical (unpaired) electrons. The molecule has 0 saturated heterocycles. The molecule has 4 rings (SSSR count). The van der Waals surface area contributed by atoms with Crippen molar-refractivity contribution in [2.24, 2.45) is 0 Å². The van der Waals surface area contributed by atoms with Crippen LogP contribution in [0.25, 0.3) is 0 Å². The fourth-order valence-electron chi connectivity index (χ4n) is 4.69. The van der Waals surface area contributed by atoms with Gasteiger partial charge < -0.3 is 15.0 Å². The summed E-state index contributed by atoms with van der Waals surface area (Å²) in [4.78, 5) is 29.0. The number of benzene rings is 3. The molecule has 0 aliphatic heterocycles. The highest BCUT2D eigenvalue weighted by Gasteiger charge is 2.32. The number of carbonyl (C=O) groups is 2. The second-order valence-corrected chi connectivity index (χ2v) is 10.4. The van der Waals surface area contributed by atoms with Crippen molar-refractivity contribution < 1.29 is 14.3 Å². The largest absolute Gasteiger partial charge is 0.484 e. The van der Waals surface area contributed by atoms with E-state index in [1.165, 1.54) is 0 Å². The van der Waals surface area contributed by atoms with E-state index >= 15 is 0 Å². The van der Waals surface area contributed by atoms with Crippen LogP contribution in [0.5, 0.6) is 5.75 Å². The number of ether oxygens (including phenoxy) is 1. The lowest BCUT2D eigenvalue weighted by molar-refractivity contribution is -0.143. The normalized spacial score (nSPS) is 14.3. The predicted molar refractivity (Wildman–Crippen MR) is 146 cm³/mol. The van der Waals surface area contributed by atoms with Crippen LogP contribution in [0, 0.1) is 6.92 Å². The summed E-state index contributed by atoms with van der Waals surface area (Å²) in [6, 6.07) is 24.9. The molecule has 1 atom stereocenters. The average Bonchev–Trinajstić information content (AvgIpc) is 3.39. The maximum absolute atomic E-state index is 13.7. The maximum Gasteiger partial charge on any atom is 0.261 e. The third-order valence-electron chi connectivity index (χ3n) is 6.58. The Morgan fingerprint density at radius 2 is 1.67 bits per heavy atom. The Hall–Kier alpha value is -3.12. The monoisotopic (exact) mass is 548 g/mol. The molecule has 36 heavy (non-hydrogen) atoms. The second-order valence-electron chi connectivity index (χ2n) is 9.45. The number of hydrogen-bond acceptors (Lipinski definition) is 3. The third-order valence-corrected chi connectivity index (χ3v) is 7.11. The number of rotatable bonds is 10. The lowest BCUT2D eigenvalue weighted by Crippen LogP contribution is -2.53. The van der Waals surface area contributed by atoms with E-state index in [0.717, 1.165) is 46.8 Å². The molecular formula is C30H33BrN2O3. The van der Waals surface area contributed by atoms with Gasteiger partial charge in [-0.3, -0.25) is 9.59 Å². The summed E-state index contributed by atoms with van der Waals surface area (Å²) in [6.45, 7) is 2.22. The fourth-order valence-corrected chi connectivity index (χ4v) is 4.95. The van der Waals surface area contributed by atoms with Crippen LogP contribution in [-0.2, 0) is 22.6 Å². The summed E-state index contributed by atoms with van der Waals surface area (Å²) in [7, 11) is 0. The highest BCUT2D eigenvalue weighted by molar-refractivity contribution is 9.10. The van der Waals surface area contributed by atoms with Crippen LogP contribution in [0.4, 0.5) is 0 Å². The topological polar surface area (TPSA) is 58.6 Å². The molecule has 6 heteroatoms. The Morgan fingerprint density at radius 3 is 2.36 bits per heavy atom. The average molecular weight is 550 g/mol. The van der Waals surface area contributed by atoms with Gasteiger partial charge in [0, 0.05) is 23.5 Å². The molecule has 0 heterocycles. The molecule has 2 amide bonds. The van der Waals surface area contributed by atoms with E-state index in [1.807, 2.05) is 79.7 Å². The van der Waals surface area contributed by atoms with Crippen LogP contribution in [0.2, 0.25) is 0 Å². The standard InChI is InChI=1S/C30H33BrN2O3/c1-22-8-7-11-24(18-22)20-33(29(34)21-36-27-16-14-25(31)15-17-27)28(19-23-9-3-2-4-10-23)30(35)32-26-12-5-6-13-26/h2-4,7-11,14-18,26,28H,5-6,12-13,19-21H2,1H3,(H,32,35)/t28-/m0/s1. The Balaban J connectivity index is 1.60. The zero-order chi connectivity index (χ0) is 25.3. The highest BCUT2D eigenvalue weighted by Crippen LogP contribution is 2.21. The van der Waals surface area contributed by atoms with E-state index in [1.54, 1.807) is 4.90 Å². The first-order valence-corrected chi connectivity index (χ1v) is 13.3. The zero-order valence-electron chi connectivity index (χ0n) is 20.7. The van der Waals surface area contributed by atoms with Gasteiger partial charge in [-0.25, -0.2) is 0 Å². The van der Waals surface area contributed by atoms with E-state index in [-0.39, 0.29) is 24.5 Å². The molecule has 0 aromatic heterocycles. The lowest BCUT2D eigenvalue weighted by Gasteiger charge is -2.32. The van der Waals surface area contributed by atoms with Crippen molar-refractivity contribution in [3.05, 3.63) is 100 Å². The number of carbonyl (C=O) groups excluding carboxylic acids is 2. The van der Waals surface area contributed by atoms with Gasteiger partial charge in [0.15, 0.2) is 6.61 Å². The Kier molecular flexibility index (Phi) is 9.17. The van der Waals surface area contributed by atoms with E-state index in [4.69, 9.17) is 4.74 Å². The van der Waals surface area contributed by atoms with Crippen molar-refractivity contribution in [1.29, 1.82) is 0 Å². The highest BCUT2D eigenvalue weighted by atomic mass is 79.9. The molecule has 188 valence electrons. The van der Waals surface area contributed by atoms with Gasteiger partial charge in [-0.2, -0.15) is 0 Å². The van der Waals surface area contributed by atoms with Crippen molar-refractivity contribution >= 4 is 27.7 Å². The SMILES string of the molecule is Cc1cccc(CN(C(=O)COc2ccc(Br)cc2)[C@@H](Cc2ccccc2)C(=O)NC2CCCC2)c1. The summed E-state index contributed by atoms with van der Waals surface area (Å²) >= 11 is 3.42. The predicted octanol–water partition coefficient (Wildman–Crippen LogP) is 5.84. The van der Waals surface area contributed by atoms with E-state index in [0.29, 0.717) is 18.7 Å². The smallest absolute Gasteiger partial charge is 0.261 e. The Bertz CT molecular complexity index is 1140. The van der Waals surface area contributed by atoms with Gasteiger partial charge in [-0.15, -0.1) is 0 Å². The molecule has 3 aromatic carbocycles. The van der Waals surface area contributed by atoms with Crippen LogP contribution >= 0.6 is 15.9 Å². The second kappa shape index (κ2) is 12.7. The van der Waals surface area contributed by atoms with E-state index < -0.39 is 6.04 Å². The summed E-state index contributed by atoms with van der Waals surface area (Å²) in [5, 5.41) is 3.23. The van der Waals surface area contributed by atoms with E-state index in [2.05, 4.69) is 27.3 Å². The molecule has 0 bridgehead atoms. The molecule has 1 saturated carbocycles. The fraction of sp³-hybridized carbons (Fsp3) is 0.333. The molecule has 1 aliphatic rings. The van der Waals surface area contributed by atoms with Crippen LogP contribution < -0.4 is 10.1 Å². The quantitative estimate of drug-likeness (QED) is 0.346. The van der Waals surface area contributed by atoms with Gasteiger partial charge in [-0.1, -0.05) is 88.9 Å². The number of nitrogens with one attached hydrogen (secondary N) is 1. The van der Waals surface area contributed by atoms with Crippen LogP contribution in [0.3, 0.4) is 0 Å². The number of hydrogen-bond donors (Lipinski definition) is 1. The van der Waals surface area contributed by atoms with Gasteiger partial charge in [0.05, 0.1) is 0 Å². The lowest BCUT2D eigenvalue weighted by atomic mass is 10.0. The minimum atomic E-state index is -0.644. The van der Waals surface area contributed by atoms with Crippen molar-refractivity contribution in [3.8, 4) is 5.75 Å². The van der Waals surface area contributed by atoms with Crippen LogP contribution in [-0.4, -0.2) is 35.4 Å². The minimum absolute atomic E-state index is 0.101. The van der Waals surface area contributed by atoms with Crippen molar-refractivity contribution in [1.82, 2.24) is 10.2 Å². The number of amides is 2. The maximum atomic E-state index is 13.7. The molecule has 1 fully saturated rings. The first-order chi connectivity index (χ1) is 17.5.